The van der Waals surface area contributed by atoms with Crippen molar-refractivity contribution in [2.45, 2.75) is 24.4 Å². The molecule has 0 spiro atoms. The Kier molecular flexibility index (Phi) is 11.2. The van der Waals surface area contributed by atoms with Crippen molar-refractivity contribution in [1.82, 2.24) is 0 Å². The molecule has 8 rings (SSSR count). The molecule has 2 atom stereocenters. The molecule has 1 aliphatic carbocycles. The van der Waals surface area contributed by atoms with Gasteiger partial charge in [-0.3, -0.25) is 14.4 Å². The van der Waals surface area contributed by atoms with Crippen molar-refractivity contribution < 1.29 is 29.0 Å². The Morgan fingerprint density at radius 1 is 0.673 bits per heavy atom. The maximum Gasteiger partial charge on any atom is 0.343 e. The van der Waals surface area contributed by atoms with Gasteiger partial charge in [-0.15, -0.1) is 11.3 Å². The Hall–Kier alpha value is -5.64. The van der Waals surface area contributed by atoms with E-state index in [4.69, 9.17) is 27.6 Å². The topological polar surface area (TPSA) is 122 Å². The zero-order valence-electron chi connectivity index (χ0n) is 29.0. The number of thiophene rings is 1. The highest BCUT2D eigenvalue weighted by Gasteiger charge is 2.45. The molecule has 2 N–H and O–H groups in total. The van der Waals surface area contributed by atoms with Gasteiger partial charge in [-0.25, -0.2) is 4.79 Å². The van der Waals surface area contributed by atoms with Crippen LogP contribution < -0.4 is 5.63 Å². The van der Waals surface area contributed by atoms with Crippen LogP contribution in [-0.2, 0) is 4.79 Å². The first-order valence-electron chi connectivity index (χ1n) is 17.4. The summed E-state index contributed by atoms with van der Waals surface area (Å²) in [5.74, 6) is -3.82. The standard InChI is InChI=1S/C23H16O3.C22H16Cl2O4S/c24-21-17-13-7-8-14-18(17)22(25)20(21)23(26)19(15-9-3-1-4-10-15)16-11-5-2-6-12-16;23-13-7-5-12(6-8-13)16(25)11-15(18-9-10-19(24)29-18)20-21(26)14-3-1-2-4-17(14)28-22(20)27/h1-14,19-20H;1-10,15-16,25-26H,11H2. The van der Waals surface area contributed by atoms with E-state index in [0.29, 0.717) is 37.0 Å². The molecule has 2 heterocycles. The molecule has 1 aliphatic rings. The summed E-state index contributed by atoms with van der Waals surface area (Å²) in [7, 11) is 0. The van der Waals surface area contributed by atoms with Crippen LogP contribution >= 0.6 is 34.5 Å². The molecule has 0 saturated carbocycles. The number of hydrogen-bond acceptors (Lipinski definition) is 8. The number of para-hydroxylation sites is 1. The van der Waals surface area contributed by atoms with Crippen molar-refractivity contribution in [3.63, 3.8) is 0 Å². The molecule has 0 fully saturated rings. The molecule has 0 radical (unpaired) electrons. The lowest BCUT2D eigenvalue weighted by molar-refractivity contribution is -0.120. The van der Waals surface area contributed by atoms with E-state index in [0.717, 1.165) is 16.0 Å². The Labute approximate surface area is 330 Å². The molecule has 55 heavy (non-hydrogen) atoms. The summed E-state index contributed by atoms with van der Waals surface area (Å²) < 4.78 is 5.99. The number of fused-ring (bicyclic) bond motifs is 2. The number of carbonyl (C=O) groups excluding carboxylic acids is 3. The lowest BCUT2D eigenvalue weighted by Crippen LogP contribution is -2.31. The van der Waals surface area contributed by atoms with Gasteiger partial charge in [0.25, 0.3) is 0 Å². The molecule has 0 amide bonds. The number of hydrogen-bond donors (Lipinski definition) is 2. The zero-order valence-corrected chi connectivity index (χ0v) is 31.3. The molecule has 274 valence electrons. The van der Waals surface area contributed by atoms with Gasteiger partial charge in [0, 0.05) is 26.9 Å². The van der Waals surface area contributed by atoms with Crippen LogP contribution in [0.5, 0.6) is 5.75 Å². The van der Waals surface area contributed by atoms with Crippen LogP contribution in [0.15, 0.2) is 155 Å². The highest BCUT2D eigenvalue weighted by molar-refractivity contribution is 7.16. The van der Waals surface area contributed by atoms with Crippen molar-refractivity contribution in [2.75, 3.05) is 0 Å². The summed E-state index contributed by atoms with van der Waals surface area (Å²) >= 11 is 13.3. The van der Waals surface area contributed by atoms with Crippen molar-refractivity contribution in [1.29, 1.82) is 0 Å². The van der Waals surface area contributed by atoms with E-state index >= 15 is 0 Å². The predicted molar refractivity (Wildman–Crippen MR) is 215 cm³/mol. The number of aromatic hydroxyl groups is 1. The van der Waals surface area contributed by atoms with E-state index in [1.807, 2.05) is 60.7 Å². The van der Waals surface area contributed by atoms with Crippen LogP contribution in [0.3, 0.4) is 0 Å². The molecular weight excluding hydrogens is 755 g/mol. The van der Waals surface area contributed by atoms with E-state index in [1.54, 1.807) is 84.9 Å². The number of Topliss-reactive ketones (excluding diaryl/α,β-unsaturated/α-hetero) is 3. The van der Waals surface area contributed by atoms with Gasteiger partial charge in [0.05, 0.1) is 27.3 Å². The lowest BCUT2D eigenvalue weighted by Gasteiger charge is -2.20. The summed E-state index contributed by atoms with van der Waals surface area (Å²) in [6.45, 7) is 0. The lowest BCUT2D eigenvalue weighted by atomic mass is 9.80. The van der Waals surface area contributed by atoms with Crippen molar-refractivity contribution in [3.05, 3.63) is 204 Å². The minimum atomic E-state index is -1.27. The molecule has 0 bridgehead atoms. The maximum absolute atomic E-state index is 13.4. The average molecular weight is 788 g/mol. The predicted octanol–water partition coefficient (Wildman–Crippen LogP) is 10.2. The number of benzene rings is 5. The van der Waals surface area contributed by atoms with E-state index in [2.05, 4.69) is 0 Å². The summed E-state index contributed by atoms with van der Waals surface area (Å²) in [6.07, 6.45) is -0.724. The second-order valence-corrected chi connectivity index (χ2v) is 15.2. The Balaban J connectivity index is 0.000000170. The number of ketones is 3. The van der Waals surface area contributed by atoms with Crippen LogP contribution in [0.4, 0.5) is 0 Å². The molecule has 0 aliphatic heterocycles. The van der Waals surface area contributed by atoms with Crippen molar-refractivity contribution >= 4 is 62.9 Å². The molecule has 5 aromatic carbocycles. The first kappa shape index (κ1) is 37.7. The number of aliphatic hydroxyl groups excluding tert-OH is 1. The fourth-order valence-electron chi connectivity index (χ4n) is 6.97. The van der Waals surface area contributed by atoms with E-state index in [9.17, 15) is 29.4 Å². The quantitative estimate of drug-likeness (QED) is 0.110. The third kappa shape index (κ3) is 7.81. The second kappa shape index (κ2) is 16.4. The van der Waals surface area contributed by atoms with Gasteiger partial charge in [-0.05, 0) is 59.5 Å². The van der Waals surface area contributed by atoms with Gasteiger partial charge in [-0.2, -0.15) is 0 Å². The van der Waals surface area contributed by atoms with Crippen LogP contribution in [-0.4, -0.2) is 27.6 Å². The summed E-state index contributed by atoms with van der Waals surface area (Å²) in [5, 5.41) is 22.7. The minimum absolute atomic E-state index is 0.107. The van der Waals surface area contributed by atoms with Crippen molar-refractivity contribution in [2.24, 2.45) is 5.92 Å². The van der Waals surface area contributed by atoms with Gasteiger partial charge in [0.15, 0.2) is 17.3 Å². The van der Waals surface area contributed by atoms with Gasteiger partial charge in [0.2, 0.25) is 0 Å². The molecule has 2 unspecified atom stereocenters. The molecule has 7 nitrogen and oxygen atoms in total. The number of aliphatic hydroxyl groups is 1. The number of halogens is 2. The van der Waals surface area contributed by atoms with E-state index < -0.39 is 41.0 Å². The van der Waals surface area contributed by atoms with Crippen LogP contribution in [0.1, 0.15) is 72.2 Å². The highest BCUT2D eigenvalue weighted by Crippen LogP contribution is 2.42. The Morgan fingerprint density at radius 2 is 1.22 bits per heavy atom. The third-order valence-corrected chi connectivity index (χ3v) is 11.2. The molecular formula is C45H32Cl2O7S. The number of rotatable bonds is 9. The molecule has 2 aromatic heterocycles. The minimum Gasteiger partial charge on any atom is -0.507 e. The first-order valence-corrected chi connectivity index (χ1v) is 18.9. The second-order valence-electron chi connectivity index (χ2n) is 13.0. The van der Waals surface area contributed by atoms with Gasteiger partial charge in [-0.1, -0.05) is 132 Å². The average Bonchev–Trinajstić information content (AvgIpc) is 3.75. The van der Waals surface area contributed by atoms with Gasteiger partial charge in [0.1, 0.15) is 17.3 Å². The fraction of sp³-hybridized carbons (Fsp3) is 0.111. The maximum atomic E-state index is 13.4. The van der Waals surface area contributed by atoms with Crippen LogP contribution in [0, 0.1) is 5.92 Å². The first-order chi connectivity index (χ1) is 26.6. The summed E-state index contributed by atoms with van der Waals surface area (Å²) in [4.78, 5) is 52.5. The largest absolute Gasteiger partial charge is 0.507 e. The number of carbonyl (C=O) groups is 3. The van der Waals surface area contributed by atoms with Crippen LogP contribution in [0.25, 0.3) is 11.0 Å². The Bertz CT molecular complexity index is 2490. The highest BCUT2D eigenvalue weighted by atomic mass is 35.5. The molecule has 0 saturated heterocycles. The van der Waals surface area contributed by atoms with Gasteiger partial charge < -0.3 is 14.6 Å². The normalized spacial score (nSPS) is 13.7. The van der Waals surface area contributed by atoms with E-state index in [1.165, 1.54) is 11.3 Å². The van der Waals surface area contributed by atoms with E-state index in [-0.39, 0.29) is 23.5 Å². The van der Waals surface area contributed by atoms with Crippen LogP contribution in [0.2, 0.25) is 9.36 Å². The smallest absolute Gasteiger partial charge is 0.343 e. The summed E-state index contributed by atoms with van der Waals surface area (Å²) in [5.41, 5.74) is 2.67. The zero-order chi connectivity index (χ0) is 38.6. The monoisotopic (exact) mass is 786 g/mol. The Morgan fingerprint density at radius 3 is 1.78 bits per heavy atom. The van der Waals surface area contributed by atoms with Crippen molar-refractivity contribution in [3.8, 4) is 5.75 Å². The molecule has 10 heteroatoms. The SMILES string of the molecule is O=C1c2ccccc2C(=O)C1C(=O)C(c1ccccc1)c1ccccc1.O=c1oc2ccccc2c(O)c1C(CC(O)c1ccc(Cl)cc1)c1ccc(Cl)s1. The third-order valence-electron chi connectivity index (χ3n) is 9.64. The van der Waals surface area contributed by atoms with Gasteiger partial charge >= 0.3 is 5.63 Å². The fourth-order valence-corrected chi connectivity index (χ4v) is 8.28. The summed E-state index contributed by atoms with van der Waals surface area (Å²) in [6, 6.07) is 42.4. The molecule has 7 aromatic rings.